The van der Waals surface area contributed by atoms with E-state index in [1.54, 1.807) is 32.7 Å². The fraction of sp³-hybridized carbons (Fsp3) is 0.500. The Morgan fingerprint density at radius 3 is 2.68 bits per heavy atom. The summed E-state index contributed by atoms with van der Waals surface area (Å²) in [5, 5.41) is 25.3. The number of hydrogen-bond acceptors (Lipinski definition) is 7. The maximum absolute atomic E-state index is 10.3. The van der Waals surface area contributed by atoms with Gasteiger partial charge < -0.3 is 14.9 Å². The van der Waals surface area contributed by atoms with Crippen LogP contribution in [0.1, 0.15) is 44.3 Å². The van der Waals surface area contributed by atoms with Crippen LogP contribution in [0.15, 0.2) is 23.1 Å². The van der Waals surface area contributed by atoms with Gasteiger partial charge in [-0.05, 0) is 58.7 Å². The number of aromatic nitrogens is 3. The second kappa shape index (κ2) is 6.73. The van der Waals surface area contributed by atoms with E-state index in [9.17, 15) is 10.2 Å². The molecule has 1 aliphatic rings. The molecule has 6 nitrogen and oxygen atoms in total. The van der Waals surface area contributed by atoms with Crippen LogP contribution < -0.4 is 4.74 Å². The van der Waals surface area contributed by atoms with Crippen LogP contribution in [0.5, 0.6) is 5.75 Å². The van der Waals surface area contributed by atoms with Gasteiger partial charge in [0.05, 0.1) is 29.5 Å². The highest BCUT2D eigenvalue weighted by atomic mass is 32.2. The van der Waals surface area contributed by atoms with E-state index in [0.29, 0.717) is 5.01 Å². The standard InChI is InChI=1S/C20H25N3O3S2/c1-11-16(23-18(21-11)27-17(22-23)19(2,3)25)12-6-7-14(26-5)15(8-12)28-20(4)9-13(24)10-20/h6-8,13,24-25H,9-10H2,1-5H3/t13-,20+. The van der Waals surface area contributed by atoms with E-state index in [4.69, 9.17) is 4.74 Å². The van der Waals surface area contributed by atoms with Crippen LogP contribution in [-0.2, 0) is 5.60 Å². The maximum Gasteiger partial charge on any atom is 0.213 e. The first-order valence-corrected chi connectivity index (χ1v) is 10.9. The molecule has 0 aliphatic heterocycles. The first kappa shape index (κ1) is 19.7. The molecule has 0 saturated heterocycles. The lowest BCUT2D eigenvalue weighted by Crippen LogP contribution is -2.41. The molecule has 0 unspecified atom stereocenters. The minimum atomic E-state index is -1.00. The number of aliphatic hydroxyl groups is 2. The predicted octanol–water partition coefficient (Wildman–Crippen LogP) is 4.01. The molecule has 0 radical (unpaired) electrons. The third kappa shape index (κ3) is 3.43. The molecule has 4 rings (SSSR count). The van der Waals surface area contributed by atoms with Gasteiger partial charge >= 0.3 is 0 Å². The second-order valence-electron chi connectivity index (χ2n) is 8.19. The summed E-state index contributed by atoms with van der Waals surface area (Å²) in [4.78, 5) is 6.46. The molecule has 2 heterocycles. The zero-order valence-electron chi connectivity index (χ0n) is 16.7. The first-order valence-electron chi connectivity index (χ1n) is 9.24. The lowest BCUT2D eigenvalue weighted by atomic mass is 9.83. The summed E-state index contributed by atoms with van der Waals surface area (Å²) in [7, 11) is 1.68. The molecule has 1 aromatic carbocycles. The van der Waals surface area contributed by atoms with Crippen LogP contribution >= 0.6 is 23.1 Å². The number of aliphatic hydroxyl groups excluding tert-OH is 1. The van der Waals surface area contributed by atoms with E-state index >= 15 is 0 Å². The van der Waals surface area contributed by atoms with E-state index in [1.807, 2.05) is 23.6 Å². The molecule has 1 saturated carbocycles. The number of benzene rings is 1. The van der Waals surface area contributed by atoms with Gasteiger partial charge in [0, 0.05) is 10.3 Å². The van der Waals surface area contributed by atoms with E-state index in [0.717, 1.165) is 45.4 Å². The van der Waals surface area contributed by atoms with Gasteiger partial charge in [-0.15, -0.1) is 11.8 Å². The number of ether oxygens (including phenoxy) is 1. The van der Waals surface area contributed by atoms with Gasteiger partial charge in [-0.2, -0.15) is 5.10 Å². The lowest BCUT2D eigenvalue weighted by molar-refractivity contribution is 0.0681. The molecule has 0 amide bonds. The normalized spacial score (nSPS) is 22.5. The second-order valence-corrected chi connectivity index (χ2v) is 10.8. The van der Waals surface area contributed by atoms with Crippen LogP contribution in [0.4, 0.5) is 0 Å². The molecular formula is C20H25N3O3S2. The fourth-order valence-corrected chi connectivity index (χ4v) is 6.08. The molecule has 0 atom stereocenters. The molecule has 2 N–H and O–H groups in total. The number of methoxy groups -OCH3 is 1. The zero-order valence-corrected chi connectivity index (χ0v) is 18.3. The van der Waals surface area contributed by atoms with Crippen molar-refractivity contribution in [1.82, 2.24) is 14.6 Å². The number of aryl methyl sites for hydroxylation is 1. The quantitative estimate of drug-likeness (QED) is 0.651. The van der Waals surface area contributed by atoms with Gasteiger partial charge in [0.25, 0.3) is 0 Å². The summed E-state index contributed by atoms with van der Waals surface area (Å²) >= 11 is 3.15. The molecule has 1 aliphatic carbocycles. The summed E-state index contributed by atoms with van der Waals surface area (Å²) in [6.45, 7) is 7.61. The minimum absolute atomic E-state index is 0.0157. The summed E-state index contributed by atoms with van der Waals surface area (Å²) in [6, 6.07) is 6.09. The summed E-state index contributed by atoms with van der Waals surface area (Å²) in [5.41, 5.74) is 1.82. The van der Waals surface area contributed by atoms with Crippen molar-refractivity contribution >= 4 is 28.1 Å². The molecule has 2 aromatic heterocycles. The molecule has 0 spiro atoms. The predicted molar refractivity (Wildman–Crippen MR) is 112 cm³/mol. The Balaban J connectivity index is 1.78. The third-order valence-electron chi connectivity index (χ3n) is 5.03. The van der Waals surface area contributed by atoms with Crippen LogP contribution in [0.2, 0.25) is 0 Å². The van der Waals surface area contributed by atoms with Crippen LogP contribution in [-0.4, -0.2) is 42.8 Å². The smallest absolute Gasteiger partial charge is 0.213 e. The van der Waals surface area contributed by atoms with Gasteiger partial charge in [-0.25, -0.2) is 9.50 Å². The van der Waals surface area contributed by atoms with Crippen LogP contribution in [0.25, 0.3) is 16.2 Å². The fourth-order valence-electron chi connectivity index (χ4n) is 3.62. The SMILES string of the molecule is COc1ccc(-c2c(C)nc3sc(C(C)(C)O)nn23)cc1S[C@]1(C)C[C@H](O)C1. The molecule has 28 heavy (non-hydrogen) atoms. The van der Waals surface area contributed by atoms with Gasteiger partial charge in [0.1, 0.15) is 16.4 Å². The minimum Gasteiger partial charge on any atom is -0.496 e. The van der Waals surface area contributed by atoms with Crippen molar-refractivity contribution in [2.45, 2.75) is 61.9 Å². The lowest BCUT2D eigenvalue weighted by Gasteiger charge is -2.42. The number of thioether (sulfide) groups is 1. The van der Waals surface area contributed by atoms with Gasteiger partial charge in [0.2, 0.25) is 4.96 Å². The Morgan fingerprint density at radius 1 is 1.36 bits per heavy atom. The third-order valence-corrected chi connectivity index (χ3v) is 7.62. The Morgan fingerprint density at radius 2 is 2.07 bits per heavy atom. The largest absolute Gasteiger partial charge is 0.496 e. The van der Waals surface area contributed by atoms with E-state index in [1.165, 1.54) is 11.3 Å². The molecule has 8 heteroatoms. The van der Waals surface area contributed by atoms with Crippen molar-refractivity contribution < 1.29 is 14.9 Å². The number of nitrogens with zero attached hydrogens (tertiary/aromatic N) is 3. The van der Waals surface area contributed by atoms with Crippen molar-refractivity contribution in [3.63, 3.8) is 0 Å². The topological polar surface area (TPSA) is 79.9 Å². The monoisotopic (exact) mass is 419 g/mol. The van der Waals surface area contributed by atoms with Gasteiger partial charge in [-0.3, -0.25) is 0 Å². The van der Waals surface area contributed by atoms with Crippen LogP contribution in [0, 0.1) is 6.92 Å². The van der Waals surface area contributed by atoms with E-state index in [2.05, 4.69) is 23.1 Å². The number of fused-ring (bicyclic) bond motifs is 1. The summed E-state index contributed by atoms with van der Waals surface area (Å²) < 4.78 is 7.41. The highest BCUT2D eigenvalue weighted by Gasteiger charge is 2.40. The van der Waals surface area contributed by atoms with Crippen molar-refractivity contribution in [2.75, 3.05) is 7.11 Å². The van der Waals surface area contributed by atoms with Crippen molar-refractivity contribution in [3.05, 3.63) is 28.9 Å². The highest BCUT2D eigenvalue weighted by Crippen LogP contribution is 2.50. The highest BCUT2D eigenvalue weighted by molar-refractivity contribution is 8.00. The number of hydrogen-bond donors (Lipinski definition) is 2. The Kier molecular flexibility index (Phi) is 4.73. The van der Waals surface area contributed by atoms with Crippen molar-refractivity contribution in [3.8, 4) is 17.0 Å². The Bertz CT molecular complexity index is 1030. The number of rotatable bonds is 5. The zero-order chi connectivity index (χ0) is 20.3. The van der Waals surface area contributed by atoms with Crippen molar-refractivity contribution in [2.24, 2.45) is 0 Å². The number of imidazole rings is 1. The average Bonchev–Trinajstić information content (AvgIpc) is 3.10. The molecule has 1 fully saturated rings. The van der Waals surface area contributed by atoms with E-state index < -0.39 is 5.60 Å². The van der Waals surface area contributed by atoms with Gasteiger partial charge in [-0.1, -0.05) is 11.3 Å². The molecule has 150 valence electrons. The molecule has 0 bridgehead atoms. The molecule has 3 aromatic rings. The van der Waals surface area contributed by atoms with Gasteiger partial charge in [0.15, 0.2) is 0 Å². The van der Waals surface area contributed by atoms with Crippen molar-refractivity contribution in [1.29, 1.82) is 0 Å². The Hall–Kier alpha value is -1.61. The maximum atomic E-state index is 10.3. The first-order chi connectivity index (χ1) is 13.1. The summed E-state index contributed by atoms with van der Waals surface area (Å²) in [6.07, 6.45) is 1.35. The van der Waals surface area contributed by atoms with E-state index in [-0.39, 0.29) is 10.9 Å². The molecular weight excluding hydrogens is 394 g/mol. The Labute approximate surface area is 172 Å². The average molecular weight is 420 g/mol. The summed E-state index contributed by atoms with van der Waals surface area (Å²) in [5.74, 6) is 0.824. The van der Waals surface area contributed by atoms with Crippen LogP contribution in [0.3, 0.4) is 0 Å².